The third kappa shape index (κ3) is 3.46. The summed E-state index contributed by atoms with van der Waals surface area (Å²) >= 11 is 0. The average molecular weight is 305 g/mol. The second-order valence-corrected chi connectivity index (χ2v) is 6.43. The fraction of sp³-hybridized carbons (Fsp3) is 0.200. The minimum atomic E-state index is -3.46. The van der Waals surface area contributed by atoms with E-state index in [1.54, 1.807) is 30.3 Å². The monoisotopic (exact) mass is 305 g/mol. The summed E-state index contributed by atoms with van der Waals surface area (Å²) in [6.07, 6.45) is 0. The lowest BCUT2D eigenvalue weighted by atomic mass is 10.2. The van der Waals surface area contributed by atoms with Gasteiger partial charge in [0.1, 0.15) is 13.2 Å². The minimum Gasteiger partial charge on any atom is -0.486 e. The number of benzene rings is 2. The second-order valence-electron chi connectivity index (χ2n) is 4.71. The molecule has 0 saturated heterocycles. The van der Waals surface area contributed by atoms with Crippen molar-refractivity contribution >= 4 is 15.7 Å². The minimum absolute atomic E-state index is 0.0672. The van der Waals surface area contributed by atoms with Gasteiger partial charge in [0.05, 0.1) is 11.4 Å². The average Bonchev–Trinajstić information content (AvgIpc) is 2.47. The van der Waals surface area contributed by atoms with Crippen LogP contribution in [0.3, 0.4) is 0 Å². The van der Waals surface area contributed by atoms with Gasteiger partial charge in [0, 0.05) is 6.07 Å². The van der Waals surface area contributed by atoms with Crippen molar-refractivity contribution in [1.82, 2.24) is 0 Å². The van der Waals surface area contributed by atoms with Gasteiger partial charge < -0.3 is 9.47 Å². The van der Waals surface area contributed by atoms with Gasteiger partial charge in [0.15, 0.2) is 11.5 Å². The van der Waals surface area contributed by atoms with E-state index >= 15 is 0 Å². The molecule has 0 amide bonds. The van der Waals surface area contributed by atoms with Crippen molar-refractivity contribution < 1.29 is 17.9 Å². The van der Waals surface area contributed by atoms with Crippen molar-refractivity contribution in [3.05, 3.63) is 54.1 Å². The van der Waals surface area contributed by atoms with Gasteiger partial charge >= 0.3 is 0 Å². The van der Waals surface area contributed by atoms with Gasteiger partial charge in [-0.1, -0.05) is 30.3 Å². The third-order valence-electron chi connectivity index (χ3n) is 3.02. The number of fused-ring (bicyclic) bond motifs is 1. The second kappa shape index (κ2) is 5.65. The van der Waals surface area contributed by atoms with Gasteiger partial charge in [-0.05, 0) is 17.7 Å². The number of ether oxygens (including phenoxy) is 2. The maximum atomic E-state index is 12.2. The maximum absolute atomic E-state index is 12.2. The molecule has 1 heterocycles. The zero-order valence-electron chi connectivity index (χ0n) is 11.3. The van der Waals surface area contributed by atoms with Crippen LogP contribution in [-0.2, 0) is 15.8 Å². The van der Waals surface area contributed by atoms with Crippen LogP contribution in [0, 0.1) is 0 Å². The van der Waals surface area contributed by atoms with Crippen LogP contribution in [0.4, 0.5) is 5.69 Å². The van der Waals surface area contributed by atoms with Crippen molar-refractivity contribution in [3.8, 4) is 11.5 Å². The van der Waals surface area contributed by atoms with Crippen LogP contribution in [-0.4, -0.2) is 21.6 Å². The molecule has 0 aromatic heterocycles. The summed E-state index contributed by atoms with van der Waals surface area (Å²) in [6.45, 7) is 0.972. The highest BCUT2D eigenvalue weighted by Crippen LogP contribution is 2.33. The van der Waals surface area contributed by atoms with Crippen molar-refractivity contribution in [2.45, 2.75) is 5.75 Å². The van der Waals surface area contributed by atoms with Gasteiger partial charge in [-0.3, -0.25) is 4.72 Å². The molecule has 3 rings (SSSR count). The van der Waals surface area contributed by atoms with E-state index in [4.69, 9.17) is 9.47 Å². The van der Waals surface area contributed by atoms with E-state index in [-0.39, 0.29) is 5.75 Å². The van der Waals surface area contributed by atoms with E-state index in [9.17, 15) is 8.42 Å². The molecule has 1 aliphatic rings. The Hall–Kier alpha value is -2.21. The zero-order valence-corrected chi connectivity index (χ0v) is 12.1. The van der Waals surface area contributed by atoms with Crippen molar-refractivity contribution in [1.29, 1.82) is 0 Å². The van der Waals surface area contributed by atoms with Crippen LogP contribution < -0.4 is 14.2 Å². The number of hydrogen-bond acceptors (Lipinski definition) is 4. The molecule has 21 heavy (non-hydrogen) atoms. The molecule has 6 heteroatoms. The molecule has 0 aliphatic carbocycles. The third-order valence-corrected chi connectivity index (χ3v) is 4.28. The van der Waals surface area contributed by atoms with Gasteiger partial charge in [0.2, 0.25) is 10.0 Å². The van der Waals surface area contributed by atoms with Crippen LogP contribution in [0.2, 0.25) is 0 Å². The Bertz CT molecular complexity index is 729. The smallest absolute Gasteiger partial charge is 0.236 e. The lowest BCUT2D eigenvalue weighted by Crippen LogP contribution is -2.17. The highest BCUT2D eigenvalue weighted by molar-refractivity contribution is 7.91. The maximum Gasteiger partial charge on any atom is 0.236 e. The van der Waals surface area contributed by atoms with E-state index in [2.05, 4.69) is 4.72 Å². The molecule has 0 atom stereocenters. The van der Waals surface area contributed by atoms with E-state index < -0.39 is 10.0 Å². The SMILES string of the molecule is O=S(=O)(Cc1ccccc1)Nc1ccc2c(c1)OCCO2. The first-order chi connectivity index (χ1) is 10.1. The molecule has 0 bridgehead atoms. The highest BCUT2D eigenvalue weighted by Gasteiger charge is 2.15. The molecule has 5 nitrogen and oxygen atoms in total. The summed E-state index contributed by atoms with van der Waals surface area (Å²) < 4.78 is 37.7. The Balaban J connectivity index is 1.76. The summed E-state index contributed by atoms with van der Waals surface area (Å²) in [7, 11) is -3.46. The van der Waals surface area contributed by atoms with E-state index in [1.807, 2.05) is 18.2 Å². The molecule has 2 aromatic carbocycles. The van der Waals surface area contributed by atoms with Gasteiger partial charge in [0.25, 0.3) is 0 Å². The number of hydrogen-bond donors (Lipinski definition) is 1. The molecule has 1 N–H and O–H groups in total. The largest absolute Gasteiger partial charge is 0.486 e. The number of nitrogens with one attached hydrogen (secondary N) is 1. The summed E-state index contributed by atoms with van der Waals surface area (Å²) in [5.41, 5.74) is 1.21. The molecule has 110 valence electrons. The van der Waals surface area contributed by atoms with Crippen molar-refractivity contribution in [2.24, 2.45) is 0 Å². The Morgan fingerprint density at radius 3 is 2.43 bits per heavy atom. The van der Waals surface area contributed by atoms with Crippen LogP contribution in [0.1, 0.15) is 5.56 Å². The summed E-state index contributed by atoms with van der Waals surface area (Å²) in [4.78, 5) is 0. The van der Waals surface area contributed by atoms with Gasteiger partial charge in [-0.25, -0.2) is 8.42 Å². The number of anilines is 1. The summed E-state index contributed by atoms with van der Waals surface area (Å²) in [5.74, 6) is 1.12. The standard InChI is InChI=1S/C15H15NO4S/c17-21(18,11-12-4-2-1-3-5-12)16-13-6-7-14-15(10-13)20-9-8-19-14/h1-7,10,16H,8-9,11H2. The molecule has 1 aliphatic heterocycles. The van der Waals surface area contributed by atoms with Crippen molar-refractivity contribution in [3.63, 3.8) is 0 Å². The Morgan fingerprint density at radius 2 is 1.67 bits per heavy atom. The molecule has 0 radical (unpaired) electrons. The first-order valence-electron chi connectivity index (χ1n) is 6.56. The Kier molecular flexibility index (Phi) is 3.70. The summed E-state index contributed by atoms with van der Waals surface area (Å²) in [5, 5.41) is 0. The molecule has 2 aromatic rings. The first-order valence-corrected chi connectivity index (χ1v) is 8.22. The number of rotatable bonds is 4. The molecule has 0 unspecified atom stereocenters. The molecule has 0 spiro atoms. The summed E-state index contributed by atoms with van der Waals surface area (Å²) in [6, 6.07) is 14.0. The lowest BCUT2D eigenvalue weighted by Gasteiger charge is -2.19. The number of sulfonamides is 1. The molecular formula is C15H15NO4S. The van der Waals surface area contributed by atoms with E-state index in [0.717, 1.165) is 5.56 Å². The molecule has 0 saturated carbocycles. The predicted octanol–water partition coefficient (Wildman–Crippen LogP) is 2.40. The Morgan fingerprint density at radius 1 is 0.952 bits per heavy atom. The van der Waals surface area contributed by atoms with Crippen LogP contribution in [0.5, 0.6) is 11.5 Å². The highest BCUT2D eigenvalue weighted by atomic mass is 32.2. The van der Waals surface area contributed by atoms with Crippen LogP contribution in [0.25, 0.3) is 0 Å². The fourth-order valence-corrected chi connectivity index (χ4v) is 3.31. The normalized spacial score (nSPS) is 13.7. The van der Waals surface area contributed by atoms with Crippen LogP contribution >= 0.6 is 0 Å². The first kappa shape index (κ1) is 13.8. The van der Waals surface area contributed by atoms with E-state index in [0.29, 0.717) is 30.4 Å². The van der Waals surface area contributed by atoms with Gasteiger partial charge in [-0.15, -0.1) is 0 Å². The zero-order chi connectivity index (χ0) is 14.7. The quantitative estimate of drug-likeness (QED) is 0.942. The van der Waals surface area contributed by atoms with E-state index in [1.165, 1.54) is 0 Å². The Labute approximate surface area is 123 Å². The topological polar surface area (TPSA) is 64.6 Å². The van der Waals surface area contributed by atoms with Gasteiger partial charge in [-0.2, -0.15) is 0 Å². The predicted molar refractivity (Wildman–Crippen MR) is 80.1 cm³/mol. The lowest BCUT2D eigenvalue weighted by molar-refractivity contribution is 0.171. The fourth-order valence-electron chi connectivity index (χ4n) is 2.12. The van der Waals surface area contributed by atoms with Crippen molar-refractivity contribution in [2.75, 3.05) is 17.9 Å². The van der Waals surface area contributed by atoms with Crippen LogP contribution in [0.15, 0.2) is 48.5 Å². The molecule has 0 fully saturated rings. The molecular weight excluding hydrogens is 290 g/mol.